The van der Waals surface area contributed by atoms with Crippen LogP contribution in [0.5, 0.6) is 5.75 Å². The lowest BCUT2D eigenvalue weighted by molar-refractivity contribution is -0.148. The van der Waals surface area contributed by atoms with Gasteiger partial charge in [0.05, 0.1) is 11.6 Å². The van der Waals surface area contributed by atoms with Crippen molar-refractivity contribution in [2.24, 2.45) is 17.6 Å². The molecule has 4 unspecified atom stereocenters. The summed E-state index contributed by atoms with van der Waals surface area (Å²) in [5, 5.41) is 46.0. The summed E-state index contributed by atoms with van der Waals surface area (Å²) >= 11 is 0. The maximum atomic E-state index is 14.3. The summed E-state index contributed by atoms with van der Waals surface area (Å²) in [7, 11) is 6.88. The predicted molar refractivity (Wildman–Crippen MR) is 162 cm³/mol. The Kier molecular flexibility index (Phi) is 7.02. The minimum absolute atomic E-state index is 0.0121. The number of nitrogens with two attached hydrogens (primary N) is 1. The van der Waals surface area contributed by atoms with E-state index in [1.54, 1.807) is 14.1 Å². The zero-order valence-electron chi connectivity index (χ0n) is 25.5. The number of nitrogens with zero attached hydrogens (tertiary/aromatic N) is 2. The topological polar surface area (TPSA) is 165 Å². The van der Waals surface area contributed by atoms with Crippen molar-refractivity contribution in [3.8, 4) is 16.9 Å². The number of hydrogen-bond donors (Lipinski definition) is 5. The fourth-order valence-corrected chi connectivity index (χ4v) is 7.07. The third-order valence-corrected chi connectivity index (χ3v) is 9.24. The van der Waals surface area contributed by atoms with E-state index in [0.29, 0.717) is 22.4 Å². The molecular formula is C33H39N3O7. The van der Waals surface area contributed by atoms with Crippen molar-refractivity contribution in [3.05, 3.63) is 69.7 Å². The highest BCUT2D eigenvalue weighted by molar-refractivity contribution is 6.25. The molecule has 3 aliphatic rings. The van der Waals surface area contributed by atoms with Crippen LogP contribution in [0.1, 0.15) is 48.7 Å². The van der Waals surface area contributed by atoms with Gasteiger partial charge >= 0.3 is 0 Å². The van der Waals surface area contributed by atoms with Gasteiger partial charge in [-0.1, -0.05) is 45.0 Å². The lowest BCUT2D eigenvalue weighted by Crippen LogP contribution is -2.63. The van der Waals surface area contributed by atoms with Gasteiger partial charge in [-0.2, -0.15) is 0 Å². The molecule has 0 aromatic heterocycles. The van der Waals surface area contributed by atoms with E-state index in [-0.39, 0.29) is 35.1 Å². The molecule has 2 aromatic carbocycles. The Morgan fingerprint density at radius 1 is 1.02 bits per heavy atom. The van der Waals surface area contributed by atoms with Gasteiger partial charge in [0.25, 0.3) is 5.91 Å². The molecule has 10 heteroatoms. The number of primary amides is 1. The van der Waals surface area contributed by atoms with Gasteiger partial charge < -0.3 is 31.1 Å². The first kappa shape index (κ1) is 30.3. The van der Waals surface area contributed by atoms with Gasteiger partial charge in [0.1, 0.15) is 22.8 Å². The van der Waals surface area contributed by atoms with Crippen LogP contribution in [0, 0.1) is 11.8 Å². The molecule has 228 valence electrons. The molecular weight excluding hydrogens is 550 g/mol. The van der Waals surface area contributed by atoms with Crippen molar-refractivity contribution < 1.29 is 34.8 Å². The Balaban J connectivity index is 1.72. The molecule has 2 aromatic rings. The second-order valence-electron chi connectivity index (χ2n) is 13.3. The molecule has 1 amide bonds. The number of fused-ring (bicyclic) bond motifs is 3. The number of carbonyl (C=O) groups is 3. The van der Waals surface area contributed by atoms with Crippen molar-refractivity contribution in [2.45, 2.75) is 50.7 Å². The van der Waals surface area contributed by atoms with E-state index in [0.717, 1.165) is 5.56 Å². The summed E-state index contributed by atoms with van der Waals surface area (Å²) in [4.78, 5) is 43.4. The van der Waals surface area contributed by atoms with Crippen LogP contribution in [0.2, 0.25) is 0 Å². The monoisotopic (exact) mass is 589 g/mol. The Morgan fingerprint density at radius 2 is 1.63 bits per heavy atom. The van der Waals surface area contributed by atoms with Gasteiger partial charge in [-0.05, 0) is 61.0 Å². The third-order valence-electron chi connectivity index (χ3n) is 9.24. The number of rotatable bonds is 4. The largest absolute Gasteiger partial charge is 0.510 e. The number of ketones is 2. The average Bonchev–Trinajstić information content (AvgIpc) is 2.90. The van der Waals surface area contributed by atoms with Gasteiger partial charge in [-0.15, -0.1) is 0 Å². The molecule has 4 atom stereocenters. The van der Waals surface area contributed by atoms with Gasteiger partial charge in [-0.25, -0.2) is 0 Å². The molecule has 5 rings (SSSR count). The number of benzene rings is 2. The van der Waals surface area contributed by atoms with E-state index < -0.39 is 58.0 Å². The molecule has 0 bridgehead atoms. The van der Waals surface area contributed by atoms with Crippen LogP contribution in [0.4, 0.5) is 5.69 Å². The van der Waals surface area contributed by atoms with Crippen molar-refractivity contribution in [3.63, 3.8) is 0 Å². The molecule has 0 heterocycles. The van der Waals surface area contributed by atoms with E-state index in [2.05, 4.69) is 20.8 Å². The van der Waals surface area contributed by atoms with Crippen molar-refractivity contribution in [1.29, 1.82) is 0 Å². The summed E-state index contributed by atoms with van der Waals surface area (Å²) in [6.45, 7) is 6.30. The maximum Gasteiger partial charge on any atom is 0.255 e. The van der Waals surface area contributed by atoms with E-state index in [1.165, 1.54) is 4.90 Å². The first-order chi connectivity index (χ1) is 19.9. The summed E-state index contributed by atoms with van der Waals surface area (Å²) < 4.78 is 0. The Hall–Kier alpha value is -4.15. The highest BCUT2D eigenvalue weighted by Crippen LogP contribution is 2.54. The van der Waals surface area contributed by atoms with Crippen LogP contribution in [-0.2, 0) is 21.4 Å². The Bertz CT molecular complexity index is 1630. The second kappa shape index (κ2) is 9.96. The zero-order chi connectivity index (χ0) is 31.9. The van der Waals surface area contributed by atoms with Gasteiger partial charge in [0.15, 0.2) is 11.4 Å². The number of Topliss-reactive ketones (excluding diaryl/α,β-unsaturated/α-hetero) is 2. The second-order valence-corrected chi connectivity index (χ2v) is 13.3. The molecule has 3 aliphatic carbocycles. The van der Waals surface area contributed by atoms with Crippen LogP contribution < -0.4 is 10.6 Å². The van der Waals surface area contributed by atoms with E-state index in [4.69, 9.17) is 5.73 Å². The summed E-state index contributed by atoms with van der Waals surface area (Å²) in [5.74, 6) is -6.67. The highest BCUT2D eigenvalue weighted by atomic mass is 16.3. The summed E-state index contributed by atoms with van der Waals surface area (Å²) in [5.41, 5.74) is 5.14. The first-order valence-electron chi connectivity index (χ1n) is 14.2. The number of aromatic hydroxyl groups is 1. The standard InChI is InChI=1S/C33H39N3O7/c1-32(2,3)17-10-8-15(9-11-17)18-14-21(35(4)5)19-12-16-13-20-25(36(6)7)28(39)24(31(34)42)30(41)33(20,43)29(40)22(16)27(38)23(19)26(18)37/h8-11,14,16,20,25,37,39-40,43H,12-13H2,1-7H3,(H2,34,42). The van der Waals surface area contributed by atoms with Crippen molar-refractivity contribution in [1.82, 2.24) is 4.90 Å². The lowest BCUT2D eigenvalue weighted by Gasteiger charge is -2.50. The van der Waals surface area contributed by atoms with E-state index in [9.17, 15) is 34.8 Å². The van der Waals surface area contributed by atoms with Crippen molar-refractivity contribution in [2.75, 3.05) is 33.1 Å². The zero-order valence-corrected chi connectivity index (χ0v) is 25.5. The smallest absolute Gasteiger partial charge is 0.255 e. The average molecular weight is 590 g/mol. The van der Waals surface area contributed by atoms with Gasteiger partial charge in [-0.3, -0.25) is 19.3 Å². The normalized spacial score (nSPS) is 25.5. The van der Waals surface area contributed by atoms with Crippen LogP contribution in [0.25, 0.3) is 11.1 Å². The highest BCUT2D eigenvalue weighted by Gasteiger charge is 2.63. The minimum Gasteiger partial charge on any atom is -0.510 e. The fourth-order valence-electron chi connectivity index (χ4n) is 7.07. The molecule has 0 radical (unpaired) electrons. The number of phenolic OH excluding ortho intramolecular Hbond substituents is 1. The predicted octanol–water partition coefficient (Wildman–Crippen LogP) is 3.15. The number of phenols is 1. The number of amides is 1. The molecule has 10 nitrogen and oxygen atoms in total. The van der Waals surface area contributed by atoms with Gasteiger partial charge in [0.2, 0.25) is 5.78 Å². The van der Waals surface area contributed by atoms with Crippen LogP contribution in [0.3, 0.4) is 0 Å². The van der Waals surface area contributed by atoms with Crippen LogP contribution >= 0.6 is 0 Å². The number of anilines is 1. The molecule has 43 heavy (non-hydrogen) atoms. The Morgan fingerprint density at radius 3 is 2.14 bits per heavy atom. The molecule has 0 saturated carbocycles. The van der Waals surface area contributed by atoms with Crippen LogP contribution in [0.15, 0.2) is 53.0 Å². The number of allylic oxidation sites excluding steroid dienone is 1. The SMILES string of the molecule is CN(C)c1cc(-c2ccc(C(C)(C)C)cc2)c(O)c2c1CC1CC3C(N(C)C)C(O)=C(C(N)=O)C(=O)C3(O)C(O)=C1C2=O. The summed E-state index contributed by atoms with van der Waals surface area (Å²) in [6.07, 6.45) is 0.258. The molecule has 0 spiro atoms. The lowest BCUT2D eigenvalue weighted by atomic mass is 9.58. The van der Waals surface area contributed by atoms with Crippen LogP contribution in [-0.4, -0.2) is 82.6 Å². The third kappa shape index (κ3) is 4.34. The molecule has 6 N–H and O–H groups in total. The first-order valence-corrected chi connectivity index (χ1v) is 14.2. The number of likely N-dealkylation sites (N-methyl/N-ethyl adjacent to an activating group) is 1. The number of carbonyl (C=O) groups excluding carboxylic acids is 3. The fraction of sp³-hybridized carbons (Fsp3) is 0.424. The quantitative estimate of drug-likeness (QED) is 0.337. The Labute approximate surface area is 250 Å². The molecule has 0 fully saturated rings. The number of hydrogen-bond acceptors (Lipinski definition) is 9. The minimum atomic E-state index is -2.68. The van der Waals surface area contributed by atoms with E-state index >= 15 is 0 Å². The molecule has 0 aliphatic heterocycles. The van der Waals surface area contributed by atoms with Crippen molar-refractivity contribution >= 4 is 23.2 Å². The molecule has 0 saturated heterocycles. The maximum absolute atomic E-state index is 14.3. The summed E-state index contributed by atoms with van der Waals surface area (Å²) in [6, 6.07) is 8.51. The van der Waals surface area contributed by atoms with Gasteiger partial charge in [0, 0.05) is 36.8 Å². The van der Waals surface area contributed by atoms with E-state index in [1.807, 2.05) is 49.3 Å². The number of aliphatic hydroxyl groups is 3. The number of aliphatic hydroxyl groups excluding tert-OH is 2.